The second-order valence-corrected chi connectivity index (χ2v) is 6.45. The van der Waals surface area contributed by atoms with Crippen molar-refractivity contribution in [2.75, 3.05) is 6.54 Å². The highest BCUT2D eigenvalue weighted by Gasteiger charge is 2.33. The Morgan fingerprint density at radius 2 is 1.90 bits per heavy atom. The van der Waals surface area contributed by atoms with Crippen LogP contribution in [-0.2, 0) is 6.54 Å². The van der Waals surface area contributed by atoms with Crippen molar-refractivity contribution < 1.29 is 14.4 Å². The summed E-state index contributed by atoms with van der Waals surface area (Å²) in [5.74, 6) is 0.262. The molecule has 0 radical (unpaired) electrons. The number of rotatable bonds is 4. The second-order valence-electron chi connectivity index (χ2n) is 6.45. The van der Waals surface area contributed by atoms with Crippen molar-refractivity contribution >= 4 is 12.6 Å². The van der Waals surface area contributed by atoms with Crippen LogP contribution in [0.5, 0.6) is 0 Å². The van der Waals surface area contributed by atoms with Gasteiger partial charge >= 0.3 is 7.12 Å². The van der Waals surface area contributed by atoms with Crippen molar-refractivity contribution in [2.24, 2.45) is 5.92 Å². The van der Waals surface area contributed by atoms with Crippen LogP contribution in [0.1, 0.15) is 44.1 Å². The van der Waals surface area contributed by atoms with Crippen molar-refractivity contribution in [3.05, 3.63) is 29.6 Å². The summed E-state index contributed by atoms with van der Waals surface area (Å²) in [6.07, 6.45) is 7.88. The van der Waals surface area contributed by atoms with E-state index in [-0.39, 0.29) is 5.46 Å². The molecule has 1 aliphatic heterocycles. The Labute approximate surface area is 125 Å². The van der Waals surface area contributed by atoms with E-state index in [9.17, 15) is 14.4 Å². The Balaban J connectivity index is 1.71. The van der Waals surface area contributed by atoms with Crippen LogP contribution in [0.3, 0.4) is 0 Å². The lowest BCUT2D eigenvalue weighted by atomic mass is 9.79. The maximum Gasteiger partial charge on any atom is 0.491 e. The van der Waals surface area contributed by atoms with Gasteiger partial charge in [0, 0.05) is 18.0 Å². The van der Waals surface area contributed by atoms with Gasteiger partial charge in [0.15, 0.2) is 0 Å². The molecule has 3 nitrogen and oxygen atoms in total. The summed E-state index contributed by atoms with van der Waals surface area (Å²) in [7, 11) is -1.74. The lowest BCUT2D eigenvalue weighted by molar-refractivity contribution is 0.183. The molecule has 1 aliphatic carbocycles. The number of benzene rings is 1. The zero-order valence-electron chi connectivity index (χ0n) is 12.3. The summed E-state index contributed by atoms with van der Waals surface area (Å²) in [6.45, 7) is 1.87. The van der Waals surface area contributed by atoms with Crippen LogP contribution in [0.25, 0.3) is 0 Å². The Bertz CT molecular complexity index is 491. The van der Waals surface area contributed by atoms with Gasteiger partial charge in [-0.15, -0.1) is 0 Å². The average Bonchev–Trinajstić information content (AvgIpc) is 3.11. The molecule has 3 rings (SSSR count). The Kier molecular flexibility index (Phi) is 4.62. The molecule has 0 spiro atoms. The molecular weight excluding hydrogens is 268 g/mol. The minimum Gasteiger partial charge on any atom is -0.423 e. The van der Waals surface area contributed by atoms with Gasteiger partial charge in [-0.2, -0.15) is 0 Å². The van der Waals surface area contributed by atoms with Gasteiger partial charge in [-0.1, -0.05) is 25.0 Å². The molecular formula is C16H23BFNO2. The molecule has 0 aromatic heterocycles. The van der Waals surface area contributed by atoms with Crippen LogP contribution in [-0.4, -0.2) is 34.7 Å². The zero-order chi connectivity index (χ0) is 14.8. The van der Waals surface area contributed by atoms with E-state index < -0.39 is 12.9 Å². The molecule has 1 aromatic rings. The molecule has 0 bridgehead atoms. The molecule has 5 heteroatoms. The van der Waals surface area contributed by atoms with E-state index in [0.29, 0.717) is 6.04 Å². The van der Waals surface area contributed by atoms with Gasteiger partial charge in [0.05, 0.1) is 0 Å². The Morgan fingerprint density at radius 3 is 2.62 bits per heavy atom. The molecule has 21 heavy (non-hydrogen) atoms. The standard InChI is InChI=1S/C16H23BFNO2/c18-15-8-7-12(10-14(15)17(20)21)11-19-9-3-6-16(19)13-4-1-2-5-13/h7-8,10,13,16,20-21H,1-6,9,11H2. The highest BCUT2D eigenvalue weighted by Crippen LogP contribution is 2.35. The van der Waals surface area contributed by atoms with Crippen molar-refractivity contribution in [1.29, 1.82) is 0 Å². The van der Waals surface area contributed by atoms with E-state index in [1.807, 2.05) is 0 Å². The second kappa shape index (κ2) is 6.47. The molecule has 114 valence electrons. The molecule has 2 fully saturated rings. The molecule has 1 saturated heterocycles. The first kappa shape index (κ1) is 15.0. The summed E-state index contributed by atoms with van der Waals surface area (Å²) in [5.41, 5.74) is 0.938. The molecule has 1 saturated carbocycles. The Hall–Kier alpha value is -0.905. The zero-order valence-corrected chi connectivity index (χ0v) is 12.3. The first-order chi connectivity index (χ1) is 10.1. The quantitative estimate of drug-likeness (QED) is 0.829. The fraction of sp³-hybridized carbons (Fsp3) is 0.625. The number of halogens is 1. The van der Waals surface area contributed by atoms with E-state index in [2.05, 4.69) is 4.90 Å². The van der Waals surface area contributed by atoms with E-state index in [4.69, 9.17) is 0 Å². The van der Waals surface area contributed by atoms with Crippen LogP contribution < -0.4 is 5.46 Å². The summed E-state index contributed by atoms with van der Waals surface area (Å²) >= 11 is 0. The fourth-order valence-corrected chi connectivity index (χ4v) is 4.05. The molecule has 2 aliphatic rings. The van der Waals surface area contributed by atoms with Gasteiger partial charge < -0.3 is 10.0 Å². The minimum absolute atomic E-state index is 0.0240. The minimum atomic E-state index is -1.74. The van der Waals surface area contributed by atoms with Gasteiger partial charge in [0.1, 0.15) is 5.82 Å². The van der Waals surface area contributed by atoms with Gasteiger partial charge in [0.25, 0.3) is 0 Å². The van der Waals surface area contributed by atoms with Gasteiger partial charge in [-0.25, -0.2) is 4.39 Å². The van der Waals surface area contributed by atoms with Crippen molar-refractivity contribution in [1.82, 2.24) is 4.90 Å². The number of hydrogen-bond acceptors (Lipinski definition) is 3. The van der Waals surface area contributed by atoms with Crippen molar-refractivity contribution in [3.63, 3.8) is 0 Å². The van der Waals surface area contributed by atoms with Crippen molar-refractivity contribution in [2.45, 2.75) is 51.1 Å². The smallest absolute Gasteiger partial charge is 0.423 e. The SMILES string of the molecule is OB(O)c1cc(CN2CCCC2C2CCCC2)ccc1F. The molecule has 2 N–H and O–H groups in total. The van der Waals surface area contributed by atoms with E-state index in [0.717, 1.165) is 24.6 Å². The molecule has 0 amide bonds. The fourth-order valence-electron chi connectivity index (χ4n) is 4.05. The highest BCUT2D eigenvalue weighted by atomic mass is 19.1. The van der Waals surface area contributed by atoms with Gasteiger partial charge in [-0.3, -0.25) is 4.90 Å². The third-order valence-electron chi connectivity index (χ3n) is 5.08. The molecule has 1 atom stereocenters. The first-order valence-corrected chi connectivity index (χ1v) is 8.03. The van der Waals surface area contributed by atoms with E-state index in [1.54, 1.807) is 12.1 Å². The van der Waals surface area contributed by atoms with Gasteiger partial charge in [0.2, 0.25) is 0 Å². The number of likely N-dealkylation sites (tertiary alicyclic amines) is 1. The van der Waals surface area contributed by atoms with Crippen LogP contribution in [0.15, 0.2) is 18.2 Å². The highest BCUT2D eigenvalue weighted by molar-refractivity contribution is 6.58. The summed E-state index contributed by atoms with van der Waals surface area (Å²) < 4.78 is 13.5. The largest absolute Gasteiger partial charge is 0.491 e. The van der Waals surface area contributed by atoms with Crippen LogP contribution in [0.4, 0.5) is 4.39 Å². The van der Waals surface area contributed by atoms with E-state index >= 15 is 0 Å². The summed E-state index contributed by atoms with van der Waals surface area (Å²) in [5, 5.41) is 18.4. The summed E-state index contributed by atoms with van der Waals surface area (Å²) in [6, 6.07) is 5.33. The third-order valence-corrected chi connectivity index (χ3v) is 5.08. The van der Waals surface area contributed by atoms with Crippen LogP contribution in [0.2, 0.25) is 0 Å². The maximum absolute atomic E-state index is 13.5. The lowest BCUT2D eigenvalue weighted by Crippen LogP contribution is -2.36. The van der Waals surface area contributed by atoms with Crippen molar-refractivity contribution in [3.8, 4) is 0 Å². The number of hydrogen-bond donors (Lipinski definition) is 2. The average molecular weight is 291 g/mol. The topological polar surface area (TPSA) is 43.7 Å². The molecule has 1 aromatic carbocycles. The maximum atomic E-state index is 13.5. The normalized spacial score (nSPS) is 23.9. The Morgan fingerprint density at radius 1 is 1.14 bits per heavy atom. The predicted molar refractivity (Wildman–Crippen MR) is 81.6 cm³/mol. The third kappa shape index (κ3) is 3.30. The summed E-state index contributed by atoms with van der Waals surface area (Å²) in [4.78, 5) is 2.50. The van der Waals surface area contributed by atoms with E-state index in [1.165, 1.54) is 44.6 Å². The first-order valence-electron chi connectivity index (χ1n) is 8.03. The monoisotopic (exact) mass is 291 g/mol. The molecule has 1 unspecified atom stereocenters. The number of nitrogens with zero attached hydrogens (tertiary/aromatic N) is 1. The van der Waals surface area contributed by atoms with Gasteiger partial charge in [-0.05, 0) is 49.8 Å². The lowest BCUT2D eigenvalue weighted by Gasteiger charge is -2.29. The molecule has 1 heterocycles. The van der Waals surface area contributed by atoms with Crippen LogP contribution in [0, 0.1) is 11.7 Å². The predicted octanol–water partition coefficient (Wildman–Crippen LogP) is 1.66. The van der Waals surface area contributed by atoms with Crippen LogP contribution >= 0.6 is 0 Å².